The summed E-state index contributed by atoms with van der Waals surface area (Å²) in [5.74, 6) is 0.493. The molecule has 1 heterocycles. The number of hydrogen-bond acceptors (Lipinski definition) is 2. The summed E-state index contributed by atoms with van der Waals surface area (Å²) in [6, 6.07) is 7.70. The maximum atomic E-state index is 13.1. The van der Waals surface area contributed by atoms with Gasteiger partial charge in [-0.1, -0.05) is 12.1 Å². The fourth-order valence-corrected chi connectivity index (χ4v) is 2.96. The normalized spacial score (nSPS) is 29.9. The molecule has 3 rings (SSSR count). The summed E-state index contributed by atoms with van der Waals surface area (Å²) in [5, 5.41) is 6.44. The second-order valence-corrected chi connectivity index (χ2v) is 5.63. The minimum Gasteiger partial charge on any atom is -0.352 e. The van der Waals surface area contributed by atoms with Gasteiger partial charge in [-0.25, -0.2) is 4.39 Å². The molecule has 1 aliphatic carbocycles. The first-order valence-corrected chi connectivity index (χ1v) is 6.99. The second-order valence-electron chi connectivity index (χ2n) is 5.63. The highest BCUT2D eigenvalue weighted by atomic mass is 19.1. The summed E-state index contributed by atoms with van der Waals surface area (Å²) in [6.07, 6.45) is 3.71. The van der Waals surface area contributed by atoms with E-state index in [4.69, 9.17) is 0 Å². The standard InChI is InChI=1S/C15H19FN2O/c16-12-3-1-2-10(6-12)11-7-14(8-11)17-9-13-4-5-15(19)18-13/h1-3,6,11,13-14,17H,4-5,7-9H2,(H,18,19). The van der Waals surface area contributed by atoms with E-state index in [1.807, 2.05) is 6.07 Å². The lowest BCUT2D eigenvalue weighted by Crippen LogP contribution is -2.45. The van der Waals surface area contributed by atoms with Crippen LogP contribution in [0, 0.1) is 5.82 Å². The van der Waals surface area contributed by atoms with E-state index >= 15 is 0 Å². The fourth-order valence-electron chi connectivity index (χ4n) is 2.96. The van der Waals surface area contributed by atoms with Crippen LogP contribution in [0.3, 0.4) is 0 Å². The van der Waals surface area contributed by atoms with Crippen molar-refractivity contribution in [3.05, 3.63) is 35.6 Å². The van der Waals surface area contributed by atoms with Crippen molar-refractivity contribution in [2.45, 2.75) is 43.7 Å². The molecule has 1 aromatic rings. The van der Waals surface area contributed by atoms with Crippen molar-refractivity contribution in [2.75, 3.05) is 6.54 Å². The van der Waals surface area contributed by atoms with E-state index in [1.54, 1.807) is 12.1 Å². The Kier molecular flexibility index (Phi) is 3.51. The molecule has 1 aromatic carbocycles. The minimum absolute atomic E-state index is 0.150. The monoisotopic (exact) mass is 262 g/mol. The zero-order valence-electron chi connectivity index (χ0n) is 10.9. The Morgan fingerprint density at radius 1 is 1.37 bits per heavy atom. The number of benzene rings is 1. The fraction of sp³-hybridized carbons (Fsp3) is 0.533. The number of nitrogens with one attached hydrogen (secondary N) is 2. The Morgan fingerprint density at radius 3 is 2.89 bits per heavy atom. The summed E-state index contributed by atoms with van der Waals surface area (Å²) in [4.78, 5) is 11.1. The molecule has 0 bridgehead atoms. The van der Waals surface area contributed by atoms with Gasteiger partial charge in [0.05, 0.1) is 0 Å². The average molecular weight is 262 g/mol. The molecular weight excluding hydrogens is 243 g/mol. The van der Waals surface area contributed by atoms with Gasteiger partial charge in [-0.05, 0) is 42.9 Å². The highest BCUT2D eigenvalue weighted by molar-refractivity contribution is 5.78. The van der Waals surface area contributed by atoms with E-state index in [0.29, 0.717) is 24.4 Å². The average Bonchev–Trinajstić information content (AvgIpc) is 2.73. The first-order valence-electron chi connectivity index (χ1n) is 6.99. The van der Waals surface area contributed by atoms with Crippen LogP contribution >= 0.6 is 0 Å². The van der Waals surface area contributed by atoms with Crippen LogP contribution in [0.1, 0.15) is 37.2 Å². The molecule has 1 amide bonds. The first kappa shape index (κ1) is 12.6. The summed E-state index contributed by atoms with van der Waals surface area (Å²) < 4.78 is 13.1. The highest BCUT2D eigenvalue weighted by Crippen LogP contribution is 2.36. The minimum atomic E-state index is -0.150. The molecule has 1 unspecified atom stereocenters. The largest absolute Gasteiger partial charge is 0.352 e. The van der Waals surface area contributed by atoms with Gasteiger partial charge in [0.2, 0.25) is 5.91 Å². The molecule has 2 N–H and O–H groups in total. The Labute approximate surface area is 112 Å². The third kappa shape index (κ3) is 2.95. The molecule has 1 saturated carbocycles. The van der Waals surface area contributed by atoms with E-state index in [2.05, 4.69) is 10.6 Å². The molecule has 2 fully saturated rings. The molecule has 4 heteroatoms. The van der Waals surface area contributed by atoms with Gasteiger partial charge in [0.15, 0.2) is 0 Å². The zero-order valence-corrected chi connectivity index (χ0v) is 10.9. The number of amides is 1. The SMILES string of the molecule is O=C1CCC(CNC2CC(c3cccc(F)c3)C2)N1. The highest BCUT2D eigenvalue weighted by Gasteiger charge is 2.31. The van der Waals surface area contributed by atoms with Crippen LogP contribution in [-0.2, 0) is 4.79 Å². The molecule has 3 nitrogen and oxygen atoms in total. The number of hydrogen-bond donors (Lipinski definition) is 2. The summed E-state index contributed by atoms with van der Waals surface area (Å²) in [7, 11) is 0. The third-order valence-corrected chi connectivity index (χ3v) is 4.20. The van der Waals surface area contributed by atoms with E-state index < -0.39 is 0 Å². The molecule has 19 heavy (non-hydrogen) atoms. The maximum Gasteiger partial charge on any atom is 0.220 e. The zero-order chi connectivity index (χ0) is 13.2. The first-order chi connectivity index (χ1) is 9.20. The molecule has 1 atom stereocenters. The Hall–Kier alpha value is -1.42. The van der Waals surface area contributed by atoms with Crippen LogP contribution < -0.4 is 10.6 Å². The van der Waals surface area contributed by atoms with Crippen LogP contribution in [0.25, 0.3) is 0 Å². The summed E-state index contributed by atoms with van der Waals surface area (Å²) in [5.41, 5.74) is 1.10. The number of carbonyl (C=O) groups excluding carboxylic acids is 1. The quantitative estimate of drug-likeness (QED) is 0.870. The van der Waals surface area contributed by atoms with Gasteiger partial charge in [-0.2, -0.15) is 0 Å². The molecule has 0 spiro atoms. The molecule has 1 aliphatic heterocycles. The lowest BCUT2D eigenvalue weighted by molar-refractivity contribution is -0.119. The second kappa shape index (κ2) is 5.29. The summed E-state index contributed by atoms with van der Waals surface area (Å²) >= 11 is 0. The smallest absolute Gasteiger partial charge is 0.220 e. The van der Waals surface area contributed by atoms with Gasteiger partial charge in [-0.3, -0.25) is 4.79 Å². The number of halogens is 1. The maximum absolute atomic E-state index is 13.1. The van der Waals surface area contributed by atoms with Crippen LogP contribution in [-0.4, -0.2) is 24.5 Å². The van der Waals surface area contributed by atoms with Gasteiger partial charge in [0.25, 0.3) is 0 Å². The van der Waals surface area contributed by atoms with Crippen LogP contribution in [0.2, 0.25) is 0 Å². The van der Waals surface area contributed by atoms with Crippen molar-refractivity contribution < 1.29 is 9.18 Å². The van der Waals surface area contributed by atoms with Gasteiger partial charge < -0.3 is 10.6 Å². The van der Waals surface area contributed by atoms with Crippen LogP contribution in [0.15, 0.2) is 24.3 Å². The predicted molar refractivity (Wildman–Crippen MR) is 71.3 cm³/mol. The van der Waals surface area contributed by atoms with E-state index in [1.165, 1.54) is 6.07 Å². The van der Waals surface area contributed by atoms with Gasteiger partial charge in [-0.15, -0.1) is 0 Å². The van der Waals surface area contributed by atoms with Crippen LogP contribution in [0.4, 0.5) is 4.39 Å². The molecule has 102 valence electrons. The lowest BCUT2D eigenvalue weighted by Gasteiger charge is -2.37. The van der Waals surface area contributed by atoms with Gasteiger partial charge in [0, 0.05) is 25.0 Å². The molecule has 0 radical (unpaired) electrons. The van der Waals surface area contributed by atoms with Gasteiger partial charge in [0.1, 0.15) is 5.82 Å². The molecule has 2 aliphatic rings. The Morgan fingerprint density at radius 2 is 2.21 bits per heavy atom. The van der Waals surface area contributed by atoms with Crippen molar-refractivity contribution in [1.29, 1.82) is 0 Å². The number of carbonyl (C=O) groups is 1. The van der Waals surface area contributed by atoms with Gasteiger partial charge >= 0.3 is 0 Å². The topological polar surface area (TPSA) is 41.1 Å². The lowest BCUT2D eigenvalue weighted by atomic mass is 9.76. The van der Waals surface area contributed by atoms with Crippen molar-refractivity contribution in [2.24, 2.45) is 0 Å². The van der Waals surface area contributed by atoms with Crippen molar-refractivity contribution in [3.8, 4) is 0 Å². The van der Waals surface area contributed by atoms with E-state index in [-0.39, 0.29) is 11.7 Å². The van der Waals surface area contributed by atoms with Crippen molar-refractivity contribution in [3.63, 3.8) is 0 Å². The van der Waals surface area contributed by atoms with E-state index in [9.17, 15) is 9.18 Å². The molecular formula is C15H19FN2O. The molecule has 0 aromatic heterocycles. The van der Waals surface area contributed by atoms with Crippen LogP contribution in [0.5, 0.6) is 0 Å². The molecule has 1 saturated heterocycles. The number of rotatable bonds is 4. The van der Waals surface area contributed by atoms with Crippen molar-refractivity contribution in [1.82, 2.24) is 10.6 Å². The van der Waals surface area contributed by atoms with Crippen molar-refractivity contribution >= 4 is 5.91 Å². The Balaban J connectivity index is 1.42. The predicted octanol–water partition coefficient (Wildman–Crippen LogP) is 1.94. The Bertz CT molecular complexity index is 471. The summed E-state index contributed by atoms with van der Waals surface area (Å²) in [6.45, 7) is 0.853. The van der Waals surface area contributed by atoms with E-state index in [0.717, 1.165) is 31.4 Å². The third-order valence-electron chi connectivity index (χ3n) is 4.20.